The third-order valence-corrected chi connectivity index (χ3v) is 10.1. The standard InChI is InChI=1S/C30H32FN3O4S/c1-2-26-10-11-28(23-6-4-3-5-7-23)39(36,37)34(26)21-24-8-9-25(19-27(24)31)30(13-16-38-17-14-30)33-20-22-12-15-32-29(35)18-22/h1,3-9,12,15,18-19,26,28,33H,10-11,13-14,16-17,20-21H2,(H,32,35)/t26-,28+/m0/s1. The molecule has 2 atom stereocenters. The van der Waals surface area contributed by atoms with Crippen LogP contribution in [0.5, 0.6) is 0 Å². The summed E-state index contributed by atoms with van der Waals surface area (Å²) in [5, 5.41) is 2.83. The largest absolute Gasteiger partial charge is 0.381 e. The van der Waals surface area contributed by atoms with E-state index < -0.39 is 32.7 Å². The summed E-state index contributed by atoms with van der Waals surface area (Å²) in [6.45, 7) is 1.33. The molecule has 1 aromatic heterocycles. The van der Waals surface area contributed by atoms with Crippen LogP contribution in [0.1, 0.15) is 53.2 Å². The Morgan fingerprint density at radius 3 is 2.56 bits per heavy atom. The van der Waals surface area contributed by atoms with Crippen LogP contribution >= 0.6 is 0 Å². The number of ether oxygens (including phenoxy) is 1. The Bertz CT molecular complexity index is 1510. The van der Waals surface area contributed by atoms with Crippen molar-refractivity contribution >= 4 is 10.0 Å². The highest BCUT2D eigenvalue weighted by Crippen LogP contribution is 2.39. The van der Waals surface area contributed by atoms with Crippen molar-refractivity contribution in [2.75, 3.05) is 13.2 Å². The lowest BCUT2D eigenvalue weighted by atomic mass is 9.82. The summed E-state index contributed by atoms with van der Waals surface area (Å²) >= 11 is 0. The molecule has 0 unspecified atom stereocenters. The van der Waals surface area contributed by atoms with E-state index in [1.807, 2.05) is 30.3 Å². The minimum Gasteiger partial charge on any atom is -0.381 e. The van der Waals surface area contributed by atoms with E-state index in [1.54, 1.807) is 24.4 Å². The van der Waals surface area contributed by atoms with Crippen molar-refractivity contribution < 1.29 is 17.5 Å². The summed E-state index contributed by atoms with van der Waals surface area (Å²) in [6.07, 6.45) is 9.52. The van der Waals surface area contributed by atoms with Crippen LogP contribution in [0.4, 0.5) is 4.39 Å². The normalized spacial score (nSPS) is 22.7. The molecule has 3 heterocycles. The van der Waals surface area contributed by atoms with Gasteiger partial charge in [-0.15, -0.1) is 6.42 Å². The Morgan fingerprint density at radius 2 is 1.87 bits per heavy atom. The predicted molar refractivity (Wildman–Crippen MR) is 148 cm³/mol. The molecule has 2 N–H and O–H groups in total. The number of nitrogens with one attached hydrogen (secondary N) is 2. The highest BCUT2D eigenvalue weighted by molar-refractivity contribution is 7.89. The Hall–Kier alpha value is -3.29. The lowest BCUT2D eigenvalue weighted by molar-refractivity contribution is 0.0356. The Morgan fingerprint density at radius 1 is 1.10 bits per heavy atom. The van der Waals surface area contributed by atoms with Crippen molar-refractivity contribution in [1.82, 2.24) is 14.6 Å². The fourth-order valence-corrected chi connectivity index (χ4v) is 7.72. The lowest BCUT2D eigenvalue weighted by Crippen LogP contribution is -2.47. The number of rotatable bonds is 7. The number of aromatic nitrogens is 1. The van der Waals surface area contributed by atoms with Crippen LogP contribution in [0, 0.1) is 18.2 Å². The third-order valence-electron chi connectivity index (χ3n) is 7.85. The molecule has 3 aromatic rings. The van der Waals surface area contributed by atoms with E-state index >= 15 is 4.39 Å². The van der Waals surface area contributed by atoms with Gasteiger partial charge >= 0.3 is 0 Å². The van der Waals surface area contributed by atoms with E-state index in [1.165, 1.54) is 16.4 Å². The van der Waals surface area contributed by atoms with E-state index in [4.69, 9.17) is 11.2 Å². The van der Waals surface area contributed by atoms with Crippen molar-refractivity contribution in [2.24, 2.45) is 0 Å². The number of aromatic amines is 1. The van der Waals surface area contributed by atoms with Gasteiger partial charge in [0.15, 0.2) is 0 Å². The van der Waals surface area contributed by atoms with Crippen LogP contribution in [0.15, 0.2) is 71.7 Å². The molecule has 9 heteroatoms. The summed E-state index contributed by atoms with van der Waals surface area (Å²) < 4.78 is 49.9. The van der Waals surface area contributed by atoms with E-state index in [-0.39, 0.29) is 17.7 Å². The zero-order valence-corrected chi connectivity index (χ0v) is 22.4. The Labute approximate surface area is 228 Å². The van der Waals surface area contributed by atoms with Gasteiger partial charge in [-0.1, -0.05) is 48.4 Å². The Kier molecular flexibility index (Phi) is 8.01. The average Bonchev–Trinajstić information content (AvgIpc) is 2.94. The van der Waals surface area contributed by atoms with Gasteiger partial charge in [0.05, 0.1) is 6.04 Å². The summed E-state index contributed by atoms with van der Waals surface area (Å²) in [5.41, 5.74) is 1.84. The van der Waals surface area contributed by atoms with Crippen molar-refractivity contribution in [2.45, 2.75) is 55.6 Å². The predicted octanol–water partition coefficient (Wildman–Crippen LogP) is 3.98. The maximum absolute atomic E-state index is 15.7. The summed E-state index contributed by atoms with van der Waals surface area (Å²) in [4.78, 5) is 14.3. The van der Waals surface area contributed by atoms with Gasteiger partial charge in [0, 0.05) is 49.7 Å². The maximum atomic E-state index is 15.7. The molecule has 2 aromatic carbocycles. The Balaban J connectivity index is 1.41. The quantitative estimate of drug-likeness (QED) is 0.435. The first kappa shape index (κ1) is 27.3. The molecule has 0 bridgehead atoms. The molecule has 5 rings (SSSR count). The van der Waals surface area contributed by atoms with Crippen LogP contribution in [0.25, 0.3) is 0 Å². The molecule has 0 amide bonds. The summed E-state index contributed by atoms with van der Waals surface area (Å²) in [5.74, 6) is 2.12. The molecule has 204 valence electrons. The summed E-state index contributed by atoms with van der Waals surface area (Å²) in [6, 6.07) is 16.8. The van der Waals surface area contributed by atoms with Crippen molar-refractivity contribution in [3.63, 3.8) is 0 Å². The van der Waals surface area contributed by atoms with Crippen LogP contribution in [-0.2, 0) is 33.4 Å². The number of nitrogens with zero attached hydrogens (tertiary/aromatic N) is 1. The highest BCUT2D eigenvalue weighted by atomic mass is 32.2. The molecule has 2 aliphatic heterocycles. The SMILES string of the molecule is C#C[C@H]1CC[C@H](c2ccccc2)S(=O)(=O)N1Cc1ccc(C2(NCc3cc[nH]c(=O)c3)CCOCC2)cc1F. The number of pyridine rings is 1. The average molecular weight is 550 g/mol. The minimum atomic E-state index is -3.81. The van der Waals surface area contributed by atoms with E-state index in [0.717, 1.165) is 11.1 Å². The summed E-state index contributed by atoms with van der Waals surface area (Å²) in [7, 11) is -3.81. The van der Waals surface area contributed by atoms with Gasteiger partial charge in [0.2, 0.25) is 15.6 Å². The minimum absolute atomic E-state index is 0.136. The number of halogens is 1. The number of H-pyrrole nitrogens is 1. The van der Waals surface area contributed by atoms with Gasteiger partial charge in [0.25, 0.3) is 0 Å². The fraction of sp³-hybridized carbons (Fsp3) is 0.367. The van der Waals surface area contributed by atoms with Crippen molar-refractivity contribution in [1.29, 1.82) is 0 Å². The molecule has 0 saturated carbocycles. The molecule has 2 saturated heterocycles. The first-order chi connectivity index (χ1) is 18.8. The molecule has 39 heavy (non-hydrogen) atoms. The molecule has 0 aliphatic carbocycles. The lowest BCUT2D eigenvalue weighted by Gasteiger charge is -2.39. The van der Waals surface area contributed by atoms with Crippen molar-refractivity contribution in [3.05, 3.63) is 105 Å². The number of hydrogen-bond acceptors (Lipinski definition) is 5. The number of sulfonamides is 1. The van der Waals surface area contributed by atoms with E-state index in [0.29, 0.717) is 51.0 Å². The zero-order chi connectivity index (χ0) is 27.5. The third kappa shape index (κ3) is 5.70. The molecule has 0 radical (unpaired) electrons. The van der Waals surface area contributed by atoms with Gasteiger partial charge < -0.3 is 15.0 Å². The first-order valence-electron chi connectivity index (χ1n) is 13.1. The second-order valence-electron chi connectivity index (χ2n) is 10.2. The van der Waals surface area contributed by atoms with Gasteiger partial charge in [-0.2, -0.15) is 4.31 Å². The second-order valence-corrected chi connectivity index (χ2v) is 12.2. The molecule has 7 nitrogen and oxygen atoms in total. The maximum Gasteiger partial charge on any atom is 0.248 e. The van der Waals surface area contributed by atoms with Gasteiger partial charge in [-0.25, -0.2) is 12.8 Å². The number of benzene rings is 2. The van der Waals surface area contributed by atoms with Gasteiger partial charge in [-0.3, -0.25) is 4.79 Å². The molecule has 2 aliphatic rings. The number of terminal acetylenes is 1. The monoisotopic (exact) mass is 549 g/mol. The van der Waals surface area contributed by atoms with Crippen LogP contribution in [0.2, 0.25) is 0 Å². The smallest absolute Gasteiger partial charge is 0.248 e. The number of hydrogen-bond donors (Lipinski definition) is 2. The second kappa shape index (κ2) is 11.4. The van der Waals surface area contributed by atoms with Crippen LogP contribution < -0.4 is 10.9 Å². The molecule has 2 fully saturated rings. The molecular formula is C30H32FN3O4S. The first-order valence-corrected chi connectivity index (χ1v) is 14.6. The zero-order valence-electron chi connectivity index (χ0n) is 21.6. The van der Waals surface area contributed by atoms with Crippen LogP contribution in [0.3, 0.4) is 0 Å². The highest BCUT2D eigenvalue weighted by Gasteiger charge is 2.42. The molecule has 0 spiro atoms. The topological polar surface area (TPSA) is 91.5 Å². The van der Waals surface area contributed by atoms with E-state index in [2.05, 4.69) is 16.2 Å². The van der Waals surface area contributed by atoms with Gasteiger partial charge in [0.1, 0.15) is 11.1 Å². The van der Waals surface area contributed by atoms with E-state index in [9.17, 15) is 13.2 Å². The van der Waals surface area contributed by atoms with Crippen LogP contribution in [-0.4, -0.2) is 37.0 Å². The molecular weight excluding hydrogens is 517 g/mol. The van der Waals surface area contributed by atoms with Gasteiger partial charge in [-0.05, 0) is 54.5 Å². The van der Waals surface area contributed by atoms with Crippen molar-refractivity contribution in [3.8, 4) is 12.3 Å². The fourth-order valence-electron chi connectivity index (χ4n) is 5.61.